The topological polar surface area (TPSA) is 55.9 Å². The Kier molecular flexibility index (Phi) is 3.06. The quantitative estimate of drug-likeness (QED) is 0.861. The molecule has 0 radical (unpaired) electrons. The SMILES string of the molecule is Cn1cnc2cc(CNC3CCCC3N)ccc21. The number of aryl methyl sites for hydroxylation is 1. The Morgan fingerprint density at radius 2 is 2.33 bits per heavy atom. The minimum atomic E-state index is 0.323. The van der Waals surface area contributed by atoms with Crippen LogP contribution in [0.15, 0.2) is 24.5 Å². The van der Waals surface area contributed by atoms with Crippen LogP contribution in [0.4, 0.5) is 0 Å². The predicted molar refractivity (Wildman–Crippen MR) is 73.2 cm³/mol. The number of hydrogen-bond acceptors (Lipinski definition) is 3. The van der Waals surface area contributed by atoms with Crippen LogP contribution >= 0.6 is 0 Å². The van der Waals surface area contributed by atoms with Gasteiger partial charge >= 0.3 is 0 Å². The monoisotopic (exact) mass is 244 g/mol. The summed E-state index contributed by atoms with van der Waals surface area (Å²) >= 11 is 0. The molecule has 4 heteroatoms. The van der Waals surface area contributed by atoms with Crippen LogP contribution < -0.4 is 11.1 Å². The van der Waals surface area contributed by atoms with Gasteiger partial charge in [0, 0.05) is 25.7 Å². The lowest BCUT2D eigenvalue weighted by Crippen LogP contribution is -2.40. The Morgan fingerprint density at radius 3 is 3.11 bits per heavy atom. The van der Waals surface area contributed by atoms with E-state index < -0.39 is 0 Å². The molecule has 4 nitrogen and oxygen atoms in total. The van der Waals surface area contributed by atoms with Gasteiger partial charge in [-0.1, -0.05) is 12.5 Å². The van der Waals surface area contributed by atoms with E-state index in [1.807, 2.05) is 17.9 Å². The fraction of sp³-hybridized carbons (Fsp3) is 0.500. The summed E-state index contributed by atoms with van der Waals surface area (Å²) in [6.45, 7) is 0.880. The van der Waals surface area contributed by atoms with Gasteiger partial charge in [-0.05, 0) is 30.5 Å². The van der Waals surface area contributed by atoms with Crippen LogP contribution in [0.25, 0.3) is 11.0 Å². The van der Waals surface area contributed by atoms with E-state index in [-0.39, 0.29) is 0 Å². The van der Waals surface area contributed by atoms with E-state index in [0.29, 0.717) is 12.1 Å². The van der Waals surface area contributed by atoms with Crippen molar-refractivity contribution in [1.82, 2.24) is 14.9 Å². The summed E-state index contributed by atoms with van der Waals surface area (Å²) in [7, 11) is 2.02. The van der Waals surface area contributed by atoms with Crippen LogP contribution in [0, 0.1) is 0 Å². The van der Waals surface area contributed by atoms with Gasteiger partial charge in [0.15, 0.2) is 0 Å². The summed E-state index contributed by atoms with van der Waals surface area (Å²) in [6, 6.07) is 7.25. The highest BCUT2D eigenvalue weighted by Gasteiger charge is 2.22. The summed E-state index contributed by atoms with van der Waals surface area (Å²) in [4.78, 5) is 4.38. The maximum atomic E-state index is 6.06. The lowest BCUT2D eigenvalue weighted by Gasteiger charge is -2.17. The van der Waals surface area contributed by atoms with Crippen LogP contribution in [-0.4, -0.2) is 21.6 Å². The molecule has 1 aromatic heterocycles. The summed E-state index contributed by atoms with van der Waals surface area (Å²) < 4.78 is 2.04. The first kappa shape index (κ1) is 11.7. The highest BCUT2D eigenvalue weighted by atomic mass is 15.0. The fourth-order valence-corrected chi connectivity index (χ4v) is 2.78. The van der Waals surface area contributed by atoms with Crippen molar-refractivity contribution in [2.75, 3.05) is 0 Å². The standard InChI is InChI=1S/C14H20N4/c1-18-9-17-13-7-10(5-6-14(13)18)8-16-12-4-2-3-11(12)15/h5-7,9,11-12,16H,2-4,8,15H2,1H3. The molecule has 3 rings (SSSR count). The first-order valence-electron chi connectivity index (χ1n) is 6.63. The molecule has 1 aliphatic rings. The van der Waals surface area contributed by atoms with Crippen LogP contribution in [0.3, 0.4) is 0 Å². The third-order valence-corrected chi connectivity index (χ3v) is 3.93. The number of imidazole rings is 1. The van der Waals surface area contributed by atoms with Gasteiger partial charge < -0.3 is 15.6 Å². The van der Waals surface area contributed by atoms with Crippen molar-refractivity contribution in [3.8, 4) is 0 Å². The van der Waals surface area contributed by atoms with E-state index in [1.165, 1.54) is 23.9 Å². The smallest absolute Gasteiger partial charge is 0.0955 e. The Balaban J connectivity index is 1.71. The highest BCUT2D eigenvalue weighted by Crippen LogP contribution is 2.18. The average molecular weight is 244 g/mol. The molecule has 1 saturated carbocycles. The summed E-state index contributed by atoms with van der Waals surface area (Å²) in [5.41, 5.74) is 9.58. The third kappa shape index (κ3) is 2.13. The summed E-state index contributed by atoms with van der Waals surface area (Å²) in [6.07, 6.45) is 5.46. The van der Waals surface area contributed by atoms with Crippen LogP contribution in [0.1, 0.15) is 24.8 Å². The number of fused-ring (bicyclic) bond motifs is 1. The molecule has 0 spiro atoms. The van der Waals surface area contributed by atoms with Gasteiger partial charge in [-0.2, -0.15) is 0 Å². The lowest BCUT2D eigenvalue weighted by atomic mass is 10.1. The van der Waals surface area contributed by atoms with Gasteiger partial charge in [-0.15, -0.1) is 0 Å². The van der Waals surface area contributed by atoms with Crippen molar-refractivity contribution in [3.63, 3.8) is 0 Å². The number of hydrogen-bond donors (Lipinski definition) is 2. The molecule has 0 bridgehead atoms. The van der Waals surface area contributed by atoms with E-state index in [9.17, 15) is 0 Å². The zero-order chi connectivity index (χ0) is 12.5. The van der Waals surface area contributed by atoms with Crippen molar-refractivity contribution in [2.24, 2.45) is 12.8 Å². The molecule has 1 heterocycles. The normalized spacial score (nSPS) is 23.9. The van der Waals surface area contributed by atoms with Gasteiger partial charge in [0.2, 0.25) is 0 Å². The van der Waals surface area contributed by atoms with Crippen LogP contribution in [0.5, 0.6) is 0 Å². The minimum absolute atomic E-state index is 0.323. The molecule has 0 saturated heterocycles. The largest absolute Gasteiger partial charge is 0.334 e. The first-order chi connectivity index (χ1) is 8.74. The van der Waals surface area contributed by atoms with Crippen molar-refractivity contribution < 1.29 is 0 Å². The summed E-state index contributed by atoms with van der Waals surface area (Å²) in [5, 5.41) is 3.56. The maximum absolute atomic E-state index is 6.06. The second-order valence-corrected chi connectivity index (χ2v) is 5.26. The van der Waals surface area contributed by atoms with Gasteiger partial charge in [0.25, 0.3) is 0 Å². The number of aromatic nitrogens is 2. The highest BCUT2D eigenvalue weighted by molar-refractivity contribution is 5.75. The molecule has 3 N–H and O–H groups in total. The number of nitrogens with two attached hydrogens (primary N) is 1. The molecule has 18 heavy (non-hydrogen) atoms. The number of rotatable bonds is 3. The second kappa shape index (κ2) is 4.71. The van der Waals surface area contributed by atoms with Crippen LogP contribution in [-0.2, 0) is 13.6 Å². The molecule has 96 valence electrons. The van der Waals surface area contributed by atoms with E-state index >= 15 is 0 Å². The van der Waals surface area contributed by atoms with Gasteiger partial charge in [0.05, 0.1) is 17.4 Å². The van der Waals surface area contributed by atoms with Gasteiger partial charge in [0.1, 0.15) is 0 Å². The Morgan fingerprint density at radius 1 is 1.44 bits per heavy atom. The molecular formula is C14H20N4. The molecule has 0 amide bonds. The predicted octanol–water partition coefficient (Wildman–Crippen LogP) is 1.54. The van der Waals surface area contributed by atoms with Crippen molar-refractivity contribution in [3.05, 3.63) is 30.1 Å². The zero-order valence-corrected chi connectivity index (χ0v) is 10.8. The van der Waals surface area contributed by atoms with Gasteiger partial charge in [-0.25, -0.2) is 4.98 Å². The van der Waals surface area contributed by atoms with Gasteiger partial charge in [-0.3, -0.25) is 0 Å². The van der Waals surface area contributed by atoms with E-state index in [0.717, 1.165) is 18.5 Å². The molecule has 2 atom stereocenters. The Bertz CT molecular complexity index is 546. The zero-order valence-electron chi connectivity index (χ0n) is 10.8. The molecule has 0 aliphatic heterocycles. The first-order valence-corrected chi connectivity index (χ1v) is 6.63. The van der Waals surface area contributed by atoms with E-state index in [2.05, 4.69) is 28.5 Å². The number of nitrogens with zero attached hydrogens (tertiary/aromatic N) is 2. The van der Waals surface area contributed by atoms with E-state index in [1.54, 1.807) is 0 Å². The number of benzene rings is 1. The summed E-state index contributed by atoms with van der Waals surface area (Å²) in [5.74, 6) is 0. The lowest BCUT2D eigenvalue weighted by molar-refractivity contribution is 0.475. The number of nitrogens with one attached hydrogen (secondary N) is 1. The van der Waals surface area contributed by atoms with Crippen LogP contribution in [0.2, 0.25) is 0 Å². The molecule has 2 unspecified atom stereocenters. The molecule has 1 aromatic carbocycles. The fourth-order valence-electron chi connectivity index (χ4n) is 2.78. The Labute approximate surface area is 107 Å². The molecule has 2 aromatic rings. The molecule has 1 fully saturated rings. The molecular weight excluding hydrogens is 224 g/mol. The van der Waals surface area contributed by atoms with E-state index in [4.69, 9.17) is 5.73 Å². The van der Waals surface area contributed by atoms with Crippen molar-refractivity contribution in [2.45, 2.75) is 37.9 Å². The second-order valence-electron chi connectivity index (χ2n) is 5.26. The Hall–Kier alpha value is -1.39. The minimum Gasteiger partial charge on any atom is -0.334 e. The van der Waals surface area contributed by atoms with Crippen molar-refractivity contribution in [1.29, 1.82) is 0 Å². The molecule has 1 aliphatic carbocycles. The maximum Gasteiger partial charge on any atom is 0.0955 e. The third-order valence-electron chi connectivity index (χ3n) is 3.93. The van der Waals surface area contributed by atoms with Crippen molar-refractivity contribution >= 4 is 11.0 Å². The average Bonchev–Trinajstić information content (AvgIpc) is 2.94.